The van der Waals surface area contributed by atoms with Gasteiger partial charge in [-0.25, -0.2) is 0 Å². The number of carbonyl (C=O) groups excluding carboxylic acids is 2. The van der Waals surface area contributed by atoms with Crippen molar-refractivity contribution in [1.29, 1.82) is 0 Å². The standard InChI is InChI=1S/C32H31N3O4/c1-38-24-13-10-22(11-14-24)20-35-31(36)26-8-5-9-28(30(26)32(35)37)34-18-16-33(17-19-34)21-27-25-7-4-3-6-23(25)12-15-29(27)39-2/h3-15H,16-21H2,1-2H3. The number of piperazine rings is 1. The maximum Gasteiger partial charge on any atom is 0.263 e. The number of rotatable bonds is 7. The first-order valence-corrected chi connectivity index (χ1v) is 13.2. The number of anilines is 1. The van der Waals surface area contributed by atoms with Crippen molar-refractivity contribution < 1.29 is 19.1 Å². The fourth-order valence-electron chi connectivity index (χ4n) is 5.68. The molecule has 0 radical (unpaired) electrons. The average Bonchev–Trinajstić information content (AvgIpc) is 3.23. The van der Waals surface area contributed by atoms with Gasteiger partial charge in [0, 0.05) is 38.3 Å². The van der Waals surface area contributed by atoms with E-state index in [1.54, 1.807) is 20.3 Å². The predicted molar refractivity (Wildman–Crippen MR) is 152 cm³/mol. The predicted octanol–water partition coefficient (Wildman–Crippen LogP) is 4.98. The molecule has 7 heteroatoms. The Balaban J connectivity index is 1.18. The summed E-state index contributed by atoms with van der Waals surface area (Å²) in [6.07, 6.45) is 0. The molecule has 39 heavy (non-hydrogen) atoms. The number of imide groups is 1. The van der Waals surface area contributed by atoms with Gasteiger partial charge in [-0.15, -0.1) is 0 Å². The van der Waals surface area contributed by atoms with Crippen molar-refractivity contribution in [2.24, 2.45) is 0 Å². The van der Waals surface area contributed by atoms with Crippen LogP contribution in [0.25, 0.3) is 10.8 Å². The number of ether oxygens (including phenoxy) is 2. The van der Waals surface area contributed by atoms with Crippen LogP contribution in [0.2, 0.25) is 0 Å². The van der Waals surface area contributed by atoms with Gasteiger partial charge in [0.1, 0.15) is 11.5 Å². The highest BCUT2D eigenvalue weighted by Crippen LogP contribution is 2.34. The minimum Gasteiger partial charge on any atom is -0.497 e. The summed E-state index contributed by atoms with van der Waals surface area (Å²) in [5, 5.41) is 2.41. The third-order valence-corrected chi connectivity index (χ3v) is 7.79. The van der Waals surface area contributed by atoms with Crippen molar-refractivity contribution in [3.8, 4) is 11.5 Å². The Morgan fingerprint density at radius 1 is 0.718 bits per heavy atom. The molecule has 198 valence electrons. The molecule has 0 N–H and O–H groups in total. The monoisotopic (exact) mass is 521 g/mol. The summed E-state index contributed by atoms with van der Waals surface area (Å²) in [5.74, 6) is 1.16. The Bertz CT molecular complexity index is 1540. The maximum absolute atomic E-state index is 13.5. The Morgan fingerprint density at radius 3 is 2.23 bits per heavy atom. The molecule has 6 rings (SSSR count). The summed E-state index contributed by atoms with van der Waals surface area (Å²) < 4.78 is 10.9. The minimum atomic E-state index is -0.241. The molecule has 0 atom stereocenters. The van der Waals surface area contributed by atoms with E-state index in [-0.39, 0.29) is 18.4 Å². The van der Waals surface area contributed by atoms with Gasteiger partial charge in [-0.3, -0.25) is 19.4 Å². The van der Waals surface area contributed by atoms with Gasteiger partial charge < -0.3 is 14.4 Å². The lowest BCUT2D eigenvalue weighted by molar-refractivity contribution is 0.0642. The van der Waals surface area contributed by atoms with E-state index >= 15 is 0 Å². The molecule has 0 spiro atoms. The van der Waals surface area contributed by atoms with Crippen LogP contribution in [0.5, 0.6) is 11.5 Å². The van der Waals surface area contributed by atoms with E-state index in [1.165, 1.54) is 21.2 Å². The van der Waals surface area contributed by atoms with Gasteiger partial charge >= 0.3 is 0 Å². The van der Waals surface area contributed by atoms with Gasteiger partial charge in [0.25, 0.3) is 11.8 Å². The zero-order valence-corrected chi connectivity index (χ0v) is 22.2. The van der Waals surface area contributed by atoms with E-state index in [1.807, 2.05) is 42.5 Å². The lowest BCUT2D eigenvalue weighted by Gasteiger charge is -2.37. The van der Waals surface area contributed by atoms with Crippen molar-refractivity contribution in [3.05, 3.63) is 101 Å². The van der Waals surface area contributed by atoms with Crippen LogP contribution in [0.1, 0.15) is 31.8 Å². The third kappa shape index (κ3) is 4.59. The summed E-state index contributed by atoms with van der Waals surface area (Å²) >= 11 is 0. The molecule has 1 fully saturated rings. The molecule has 2 amide bonds. The number of methoxy groups -OCH3 is 2. The zero-order valence-electron chi connectivity index (χ0n) is 22.2. The topological polar surface area (TPSA) is 62.3 Å². The normalized spacial score (nSPS) is 15.6. The first kappa shape index (κ1) is 24.9. The zero-order chi connectivity index (χ0) is 26.9. The fourth-order valence-corrected chi connectivity index (χ4v) is 5.68. The molecule has 7 nitrogen and oxygen atoms in total. The summed E-state index contributed by atoms with van der Waals surface area (Å²) in [6, 6.07) is 25.6. The lowest BCUT2D eigenvalue weighted by Crippen LogP contribution is -2.46. The van der Waals surface area contributed by atoms with Crippen LogP contribution in [-0.4, -0.2) is 62.0 Å². The number of hydrogen-bond donors (Lipinski definition) is 0. The van der Waals surface area contributed by atoms with Crippen molar-refractivity contribution in [3.63, 3.8) is 0 Å². The fraction of sp³-hybridized carbons (Fsp3) is 0.250. The van der Waals surface area contributed by atoms with Crippen LogP contribution < -0.4 is 14.4 Å². The number of fused-ring (bicyclic) bond motifs is 2. The van der Waals surface area contributed by atoms with Crippen molar-refractivity contribution in [2.45, 2.75) is 13.1 Å². The highest BCUT2D eigenvalue weighted by atomic mass is 16.5. The molecular weight excluding hydrogens is 490 g/mol. The van der Waals surface area contributed by atoms with E-state index in [2.05, 4.69) is 40.1 Å². The molecular formula is C32H31N3O4. The Kier molecular flexibility index (Phi) is 6.67. The number of hydrogen-bond acceptors (Lipinski definition) is 6. The number of benzene rings is 4. The molecule has 1 saturated heterocycles. The summed E-state index contributed by atoms with van der Waals surface area (Å²) in [4.78, 5) is 32.8. The van der Waals surface area contributed by atoms with Crippen LogP contribution in [0, 0.1) is 0 Å². The molecule has 2 aliphatic heterocycles. The van der Waals surface area contributed by atoms with E-state index in [4.69, 9.17) is 9.47 Å². The number of amides is 2. The quantitative estimate of drug-likeness (QED) is 0.320. The van der Waals surface area contributed by atoms with Crippen molar-refractivity contribution in [1.82, 2.24) is 9.80 Å². The van der Waals surface area contributed by atoms with Crippen LogP contribution >= 0.6 is 0 Å². The Hall–Kier alpha value is -4.36. The molecule has 0 aliphatic carbocycles. The summed E-state index contributed by atoms with van der Waals surface area (Å²) in [6.45, 7) is 4.24. The molecule has 4 aromatic rings. The van der Waals surface area contributed by atoms with Crippen LogP contribution in [0.3, 0.4) is 0 Å². The molecule has 0 bridgehead atoms. The summed E-state index contributed by atoms with van der Waals surface area (Å²) in [5.41, 5.74) is 3.91. The van der Waals surface area contributed by atoms with E-state index in [9.17, 15) is 9.59 Å². The van der Waals surface area contributed by atoms with Crippen LogP contribution in [0.4, 0.5) is 5.69 Å². The second-order valence-corrected chi connectivity index (χ2v) is 9.97. The van der Waals surface area contributed by atoms with Crippen molar-refractivity contribution >= 4 is 28.3 Å². The average molecular weight is 522 g/mol. The van der Waals surface area contributed by atoms with Gasteiger partial charge in [-0.05, 0) is 46.7 Å². The molecule has 0 unspecified atom stereocenters. The van der Waals surface area contributed by atoms with Gasteiger partial charge in [0.15, 0.2) is 0 Å². The Labute approximate surface area is 228 Å². The van der Waals surface area contributed by atoms with E-state index in [0.717, 1.165) is 55.5 Å². The molecule has 2 aliphatic rings. The lowest BCUT2D eigenvalue weighted by atomic mass is 10.0. The van der Waals surface area contributed by atoms with Crippen molar-refractivity contribution in [2.75, 3.05) is 45.3 Å². The highest BCUT2D eigenvalue weighted by Gasteiger charge is 2.38. The Morgan fingerprint density at radius 2 is 1.49 bits per heavy atom. The van der Waals surface area contributed by atoms with Gasteiger partial charge in [0.2, 0.25) is 0 Å². The smallest absolute Gasteiger partial charge is 0.263 e. The van der Waals surface area contributed by atoms with E-state index in [0.29, 0.717) is 11.1 Å². The number of carbonyl (C=O) groups is 2. The van der Waals surface area contributed by atoms with Crippen LogP contribution in [0.15, 0.2) is 78.9 Å². The molecule has 0 saturated carbocycles. The van der Waals surface area contributed by atoms with E-state index < -0.39 is 0 Å². The van der Waals surface area contributed by atoms with Gasteiger partial charge in [-0.1, -0.05) is 48.5 Å². The molecule has 2 heterocycles. The first-order chi connectivity index (χ1) is 19.1. The van der Waals surface area contributed by atoms with Gasteiger partial charge in [0.05, 0.1) is 37.6 Å². The second-order valence-electron chi connectivity index (χ2n) is 9.97. The van der Waals surface area contributed by atoms with Crippen LogP contribution in [-0.2, 0) is 13.1 Å². The molecule has 0 aromatic heterocycles. The van der Waals surface area contributed by atoms with Gasteiger partial charge in [-0.2, -0.15) is 0 Å². The highest BCUT2D eigenvalue weighted by molar-refractivity contribution is 6.23. The largest absolute Gasteiger partial charge is 0.497 e. The summed E-state index contributed by atoms with van der Waals surface area (Å²) in [7, 11) is 3.33. The SMILES string of the molecule is COc1ccc(CN2C(=O)c3cccc(N4CCN(Cc5c(OC)ccc6ccccc56)CC4)c3C2=O)cc1. The third-order valence-electron chi connectivity index (χ3n) is 7.79. The first-order valence-electron chi connectivity index (χ1n) is 13.2. The maximum atomic E-state index is 13.5. The number of nitrogens with zero attached hydrogens (tertiary/aromatic N) is 3. The minimum absolute atomic E-state index is 0.232. The second kappa shape index (κ2) is 10.4. The molecule has 4 aromatic carbocycles.